The van der Waals surface area contributed by atoms with Crippen LogP contribution in [0.5, 0.6) is 5.75 Å². The van der Waals surface area contributed by atoms with Gasteiger partial charge in [0.1, 0.15) is 42.9 Å². The largest absolute Gasteiger partial charge is 0.490 e. The number of carbonyl (C=O) groups is 1. The summed E-state index contributed by atoms with van der Waals surface area (Å²) in [5, 5.41) is 0. The predicted octanol–water partition coefficient (Wildman–Crippen LogP) is 4.69. The first-order chi connectivity index (χ1) is 12.0. The molecule has 1 aromatic heterocycles. The summed E-state index contributed by atoms with van der Waals surface area (Å²) < 4.78 is 45.6. The number of pyridine rings is 1. The van der Waals surface area contributed by atoms with E-state index in [0.717, 1.165) is 0 Å². The highest BCUT2D eigenvalue weighted by molar-refractivity contribution is 5.93. The number of aromatic nitrogens is 1. The first-order valence-electron chi connectivity index (χ1n) is 8.08. The summed E-state index contributed by atoms with van der Waals surface area (Å²) in [5.74, 6) is -0.498. The Morgan fingerprint density at radius 2 is 1.80 bits per heavy atom. The van der Waals surface area contributed by atoms with E-state index in [1.54, 1.807) is 0 Å². The second kappa shape index (κ2) is 7.68. The molecule has 0 saturated carbocycles. The van der Waals surface area contributed by atoms with Crippen molar-refractivity contribution >= 4 is 5.78 Å². The molecule has 1 aliphatic rings. The lowest BCUT2D eigenvalue weighted by atomic mass is 9.84. The van der Waals surface area contributed by atoms with Crippen LogP contribution in [-0.2, 0) is 5.41 Å². The van der Waals surface area contributed by atoms with Gasteiger partial charge < -0.3 is 4.74 Å². The smallest absolute Gasteiger partial charge is 0.178 e. The third-order valence-electron chi connectivity index (χ3n) is 4.03. The van der Waals surface area contributed by atoms with Gasteiger partial charge in [-0.15, -0.1) is 0 Å². The lowest BCUT2D eigenvalue weighted by Gasteiger charge is -2.20. The number of benzene rings is 1. The molecule has 0 atom stereocenters. The Balaban J connectivity index is 0.00000109. The molecule has 25 heavy (non-hydrogen) atoms. The molecule has 0 N–H and O–H groups in total. The van der Waals surface area contributed by atoms with E-state index >= 15 is 0 Å². The van der Waals surface area contributed by atoms with Crippen LogP contribution < -0.4 is 4.74 Å². The molecule has 0 fully saturated rings. The number of ether oxygens (including phenoxy) is 1. The molecule has 2 heterocycles. The van der Waals surface area contributed by atoms with Crippen molar-refractivity contribution in [3.8, 4) is 17.0 Å². The monoisotopic (exact) mass is 351 g/mol. The van der Waals surface area contributed by atoms with E-state index in [4.69, 9.17) is 4.74 Å². The third-order valence-corrected chi connectivity index (χ3v) is 4.03. The van der Waals surface area contributed by atoms with Gasteiger partial charge in [-0.2, -0.15) is 0 Å². The fourth-order valence-electron chi connectivity index (χ4n) is 2.60. The van der Waals surface area contributed by atoms with Gasteiger partial charge in [0.15, 0.2) is 5.78 Å². The Kier molecular flexibility index (Phi) is 5.82. The van der Waals surface area contributed by atoms with Crippen molar-refractivity contribution in [2.45, 2.75) is 26.2 Å². The standard InChI is InChI=1S/C17H14F3NO2.C2H6/c1-10(22)14-6-13-16(23-9-17(13,7-18)8-19)15(21-14)11-2-4-12(20)5-3-11;1-2/h2-6H,7-9H2,1H3;1-2H3. The summed E-state index contributed by atoms with van der Waals surface area (Å²) in [6.07, 6.45) is 0. The van der Waals surface area contributed by atoms with Crippen molar-refractivity contribution in [1.82, 2.24) is 4.98 Å². The van der Waals surface area contributed by atoms with Gasteiger partial charge in [-0.05, 0) is 30.3 Å². The minimum absolute atomic E-state index is 0.0971. The van der Waals surface area contributed by atoms with Gasteiger partial charge in [-0.1, -0.05) is 13.8 Å². The number of hydrogen-bond donors (Lipinski definition) is 0. The van der Waals surface area contributed by atoms with Gasteiger partial charge in [-0.25, -0.2) is 18.2 Å². The van der Waals surface area contributed by atoms with Crippen molar-refractivity contribution in [1.29, 1.82) is 0 Å². The van der Waals surface area contributed by atoms with E-state index in [0.29, 0.717) is 11.1 Å². The zero-order valence-corrected chi connectivity index (χ0v) is 14.4. The fraction of sp³-hybridized carbons (Fsp3) is 0.368. The second-order valence-corrected chi connectivity index (χ2v) is 5.63. The highest BCUT2D eigenvalue weighted by atomic mass is 19.1. The molecule has 2 aromatic rings. The molecule has 6 heteroatoms. The van der Waals surface area contributed by atoms with Gasteiger partial charge in [-0.3, -0.25) is 4.79 Å². The van der Waals surface area contributed by atoms with Gasteiger partial charge >= 0.3 is 0 Å². The van der Waals surface area contributed by atoms with E-state index in [2.05, 4.69) is 4.98 Å². The maximum atomic E-state index is 13.5. The van der Waals surface area contributed by atoms with Crippen molar-refractivity contribution in [2.24, 2.45) is 0 Å². The summed E-state index contributed by atoms with van der Waals surface area (Å²) in [5.41, 5.74) is -0.227. The lowest BCUT2D eigenvalue weighted by Crippen LogP contribution is -2.33. The minimum atomic E-state index is -1.42. The SMILES string of the molecule is CC.CC(=O)c1cc2c(c(-c3ccc(F)cc3)n1)OCC2(CF)CF. The molecule has 0 aliphatic carbocycles. The molecule has 1 aliphatic heterocycles. The Hall–Kier alpha value is -2.37. The number of nitrogens with zero attached hydrogens (tertiary/aromatic N) is 1. The van der Waals surface area contributed by atoms with Crippen molar-refractivity contribution in [2.75, 3.05) is 20.0 Å². The van der Waals surface area contributed by atoms with Crippen LogP contribution >= 0.6 is 0 Å². The Bertz CT molecular complexity index is 756. The quantitative estimate of drug-likeness (QED) is 0.751. The lowest BCUT2D eigenvalue weighted by molar-refractivity contribution is 0.101. The minimum Gasteiger partial charge on any atom is -0.490 e. The molecule has 0 amide bonds. The maximum Gasteiger partial charge on any atom is 0.178 e. The third kappa shape index (κ3) is 3.38. The highest BCUT2D eigenvalue weighted by Gasteiger charge is 2.43. The van der Waals surface area contributed by atoms with Crippen LogP contribution in [0.15, 0.2) is 30.3 Å². The topological polar surface area (TPSA) is 39.2 Å². The number of rotatable bonds is 4. The number of Topliss-reactive ketones (excluding diaryl/α,β-unsaturated/α-hetero) is 1. The second-order valence-electron chi connectivity index (χ2n) is 5.63. The number of hydrogen-bond acceptors (Lipinski definition) is 3. The number of halogens is 3. The average Bonchev–Trinajstić information content (AvgIpc) is 3.02. The van der Waals surface area contributed by atoms with Crippen LogP contribution in [0.4, 0.5) is 13.2 Å². The van der Waals surface area contributed by atoms with Crippen LogP contribution in [0, 0.1) is 5.82 Å². The molecule has 3 nitrogen and oxygen atoms in total. The van der Waals surface area contributed by atoms with E-state index in [1.165, 1.54) is 37.3 Å². The van der Waals surface area contributed by atoms with E-state index in [9.17, 15) is 18.0 Å². The zero-order chi connectivity index (χ0) is 18.6. The van der Waals surface area contributed by atoms with Gasteiger partial charge in [0.2, 0.25) is 0 Å². The Morgan fingerprint density at radius 3 is 2.32 bits per heavy atom. The normalized spacial score (nSPS) is 14.2. The first-order valence-corrected chi connectivity index (χ1v) is 8.08. The van der Waals surface area contributed by atoms with Gasteiger partial charge in [0, 0.05) is 18.1 Å². The van der Waals surface area contributed by atoms with Gasteiger partial charge in [0.25, 0.3) is 0 Å². The number of carbonyl (C=O) groups excluding carboxylic acids is 1. The average molecular weight is 351 g/mol. The van der Waals surface area contributed by atoms with Crippen LogP contribution in [0.2, 0.25) is 0 Å². The van der Waals surface area contributed by atoms with E-state index in [-0.39, 0.29) is 29.5 Å². The number of alkyl halides is 2. The summed E-state index contributed by atoms with van der Waals surface area (Å²) in [6.45, 7) is 3.28. The fourth-order valence-corrected chi connectivity index (χ4v) is 2.60. The van der Waals surface area contributed by atoms with Crippen LogP contribution in [-0.4, -0.2) is 30.7 Å². The molecule has 1 aromatic carbocycles. The van der Waals surface area contributed by atoms with E-state index in [1.807, 2.05) is 13.8 Å². The van der Waals surface area contributed by atoms with Gasteiger partial charge in [0.05, 0.1) is 5.41 Å². The number of fused-ring (bicyclic) bond motifs is 1. The van der Waals surface area contributed by atoms with Crippen molar-refractivity contribution in [3.63, 3.8) is 0 Å². The summed E-state index contributed by atoms with van der Waals surface area (Å²) in [7, 11) is 0. The Labute approximate surface area is 144 Å². The van der Waals surface area contributed by atoms with Crippen LogP contribution in [0.1, 0.15) is 36.8 Å². The highest BCUT2D eigenvalue weighted by Crippen LogP contribution is 2.45. The molecule has 0 saturated heterocycles. The van der Waals surface area contributed by atoms with Crippen LogP contribution in [0.25, 0.3) is 11.3 Å². The molecular weight excluding hydrogens is 331 g/mol. The summed E-state index contributed by atoms with van der Waals surface area (Å²) in [4.78, 5) is 16.0. The molecule has 0 radical (unpaired) electrons. The molecule has 0 unspecified atom stereocenters. The van der Waals surface area contributed by atoms with E-state index < -0.39 is 24.6 Å². The predicted molar refractivity (Wildman–Crippen MR) is 90.1 cm³/mol. The summed E-state index contributed by atoms with van der Waals surface area (Å²) in [6, 6.07) is 6.84. The Morgan fingerprint density at radius 1 is 1.20 bits per heavy atom. The molecule has 0 bridgehead atoms. The van der Waals surface area contributed by atoms with Crippen molar-refractivity contribution in [3.05, 3.63) is 47.4 Å². The van der Waals surface area contributed by atoms with Crippen LogP contribution in [0.3, 0.4) is 0 Å². The molecule has 0 spiro atoms. The number of ketones is 1. The summed E-state index contributed by atoms with van der Waals surface area (Å²) >= 11 is 0. The molecule has 3 rings (SSSR count). The van der Waals surface area contributed by atoms with Crippen molar-refractivity contribution < 1.29 is 22.7 Å². The molecular formula is C19H20F3NO2. The molecule has 134 valence electrons. The zero-order valence-electron chi connectivity index (χ0n) is 14.4. The maximum absolute atomic E-state index is 13.5. The first kappa shape index (κ1) is 19.0.